The topological polar surface area (TPSA) is 26.3 Å². The Morgan fingerprint density at radius 1 is 1.50 bits per heavy atom. The number of allylic oxidation sites excluding steroid dienone is 2. The molecule has 1 saturated carbocycles. The maximum absolute atomic E-state index is 10.9. The van der Waals surface area contributed by atoms with E-state index in [1.54, 1.807) is 0 Å². The lowest BCUT2D eigenvalue weighted by atomic mass is 9.73. The first kappa shape index (κ1) is 9.75. The summed E-state index contributed by atoms with van der Waals surface area (Å²) in [5, 5.41) is 0. The molecule has 78 valence electrons. The van der Waals surface area contributed by atoms with Crippen molar-refractivity contribution in [1.82, 2.24) is 0 Å². The van der Waals surface area contributed by atoms with Crippen molar-refractivity contribution in [3.05, 3.63) is 11.8 Å². The summed E-state index contributed by atoms with van der Waals surface area (Å²) in [5.41, 5.74) is 0.206. The van der Waals surface area contributed by atoms with Crippen LogP contribution in [0.3, 0.4) is 0 Å². The number of hydrogen-bond acceptors (Lipinski definition) is 2. The van der Waals surface area contributed by atoms with E-state index in [1.807, 2.05) is 0 Å². The highest BCUT2D eigenvalue weighted by Gasteiger charge is 2.42. The Balaban J connectivity index is 2.23. The molecule has 0 saturated heterocycles. The molecule has 0 heterocycles. The van der Waals surface area contributed by atoms with Gasteiger partial charge in [-0.15, -0.1) is 0 Å². The fourth-order valence-electron chi connectivity index (χ4n) is 2.80. The summed E-state index contributed by atoms with van der Waals surface area (Å²) in [6, 6.07) is 0. The molecular formula is C12H18O2. The van der Waals surface area contributed by atoms with Crippen LogP contribution in [0.5, 0.6) is 0 Å². The van der Waals surface area contributed by atoms with Crippen molar-refractivity contribution in [1.29, 1.82) is 0 Å². The molecule has 0 aromatic carbocycles. The van der Waals surface area contributed by atoms with E-state index in [-0.39, 0.29) is 11.4 Å². The first-order chi connectivity index (χ1) is 6.49. The van der Waals surface area contributed by atoms with Gasteiger partial charge < -0.3 is 4.74 Å². The molecule has 2 aliphatic rings. The Morgan fingerprint density at radius 2 is 2.21 bits per heavy atom. The Kier molecular flexibility index (Phi) is 2.17. The molecule has 1 fully saturated rings. The number of carbonyl (C=O) groups is 1. The maximum atomic E-state index is 10.9. The van der Waals surface area contributed by atoms with Gasteiger partial charge in [-0.05, 0) is 36.7 Å². The predicted octanol–water partition coefficient (Wildman–Crippen LogP) is 2.89. The SMILES string of the molecule is CC(=O)OC1=CC(C)(C)C2CC[C@@H]1C2. The third-order valence-corrected chi connectivity index (χ3v) is 3.66. The van der Waals surface area contributed by atoms with Gasteiger partial charge >= 0.3 is 5.97 Å². The smallest absolute Gasteiger partial charge is 0.307 e. The highest BCUT2D eigenvalue weighted by molar-refractivity contribution is 5.67. The van der Waals surface area contributed by atoms with Gasteiger partial charge in [-0.25, -0.2) is 0 Å². The molecule has 0 aromatic heterocycles. The lowest BCUT2D eigenvalue weighted by Crippen LogP contribution is -2.25. The molecule has 2 bridgehead atoms. The minimum Gasteiger partial charge on any atom is -0.431 e. The van der Waals surface area contributed by atoms with Crippen LogP contribution < -0.4 is 0 Å². The number of hydrogen-bond donors (Lipinski definition) is 0. The van der Waals surface area contributed by atoms with Crippen LogP contribution in [0.4, 0.5) is 0 Å². The lowest BCUT2D eigenvalue weighted by Gasteiger charge is -2.33. The van der Waals surface area contributed by atoms with Crippen LogP contribution in [0.25, 0.3) is 0 Å². The van der Waals surface area contributed by atoms with Crippen LogP contribution in [-0.4, -0.2) is 5.97 Å². The Labute approximate surface area is 85.3 Å². The molecule has 0 spiro atoms. The minimum absolute atomic E-state index is 0.183. The maximum Gasteiger partial charge on any atom is 0.307 e. The van der Waals surface area contributed by atoms with Crippen molar-refractivity contribution in [3.8, 4) is 0 Å². The highest BCUT2D eigenvalue weighted by atomic mass is 16.5. The summed E-state index contributed by atoms with van der Waals surface area (Å²) in [4.78, 5) is 10.9. The second-order valence-corrected chi connectivity index (χ2v) is 5.17. The Hall–Kier alpha value is -0.790. The van der Waals surface area contributed by atoms with Gasteiger partial charge in [0.25, 0.3) is 0 Å². The van der Waals surface area contributed by atoms with E-state index in [0.29, 0.717) is 5.92 Å². The second kappa shape index (κ2) is 3.11. The van der Waals surface area contributed by atoms with Gasteiger partial charge in [0.1, 0.15) is 5.76 Å². The normalized spacial score (nSPS) is 33.8. The van der Waals surface area contributed by atoms with Crippen LogP contribution in [-0.2, 0) is 9.53 Å². The summed E-state index contributed by atoms with van der Waals surface area (Å²) in [6.45, 7) is 5.96. The lowest BCUT2D eigenvalue weighted by molar-refractivity contribution is -0.138. The second-order valence-electron chi connectivity index (χ2n) is 5.17. The molecule has 2 atom stereocenters. The number of carbonyl (C=O) groups excluding carboxylic acids is 1. The Morgan fingerprint density at radius 3 is 2.86 bits per heavy atom. The number of fused-ring (bicyclic) bond motifs is 2. The zero-order chi connectivity index (χ0) is 10.3. The summed E-state index contributed by atoms with van der Waals surface area (Å²) in [6.07, 6.45) is 5.83. The van der Waals surface area contributed by atoms with Gasteiger partial charge in [0.15, 0.2) is 0 Å². The zero-order valence-electron chi connectivity index (χ0n) is 9.17. The van der Waals surface area contributed by atoms with E-state index in [4.69, 9.17) is 4.74 Å². The third-order valence-electron chi connectivity index (χ3n) is 3.66. The average molecular weight is 194 g/mol. The van der Waals surface area contributed by atoms with E-state index in [1.165, 1.54) is 26.2 Å². The molecule has 2 heteroatoms. The summed E-state index contributed by atoms with van der Waals surface area (Å²) < 4.78 is 5.28. The molecule has 0 N–H and O–H groups in total. The highest BCUT2D eigenvalue weighted by Crippen LogP contribution is 2.51. The van der Waals surface area contributed by atoms with Gasteiger partial charge in [-0.2, -0.15) is 0 Å². The quantitative estimate of drug-likeness (QED) is 0.600. The van der Waals surface area contributed by atoms with Crippen LogP contribution >= 0.6 is 0 Å². The Bertz CT molecular complexity index is 289. The average Bonchev–Trinajstić information content (AvgIpc) is 2.44. The van der Waals surface area contributed by atoms with E-state index in [2.05, 4.69) is 19.9 Å². The summed E-state index contributed by atoms with van der Waals surface area (Å²) >= 11 is 0. The fourth-order valence-corrected chi connectivity index (χ4v) is 2.80. The molecule has 14 heavy (non-hydrogen) atoms. The molecule has 1 unspecified atom stereocenters. The fraction of sp³-hybridized carbons (Fsp3) is 0.750. The van der Waals surface area contributed by atoms with E-state index < -0.39 is 0 Å². The molecule has 0 amide bonds. The third kappa shape index (κ3) is 1.58. The minimum atomic E-state index is -0.183. The van der Waals surface area contributed by atoms with Crippen LogP contribution in [0.1, 0.15) is 40.0 Å². The van der Waals surface area contributed by atoms with Crippen LogP contribution in [0.15, 0.2) is 11.8 Å². The molecule has 0 radical (unpaired) electrons. The summed E-state index contributed by atoms with van der Waals surface area (Å²) in [7, 11) is 0. The molecule has 2 aliphatic carbocycles. The molecule has 0 aliphatic heterocycles. The van der Waals surface area contributed by atoms with Crippen molar-refractivity contribution in [2.45, 2.75) is 40.0 Å². The molecule has 0 aromatic rings. The number of ether oxygens (including phenoxy) is 1. The largest absolute Gasteiger partial charge is 0.431 e. The van der Waals surface area contributed by atoms with Gasteiger partial charge in [0.2, 0.25) is 0 Å². The van der Waals surface area contributed by atoms with Crippen LogP contribution in [0.2, 0.25) is 0 Å². The molecule has 2 nitrogen and oxygen atoms in total. The van der Waals surface area contributed by atoms with Crippen molar-refractivity contribution >= 4 is 5.97 Å². The first-order valence-corrected chi connectivity index (χ1v) is 5.40. The standard InChI is InChI=1S/C12H18O2/c1-8(13)14-11-7-12(2,3)10-5-4-9(11)6-10/h7,9-10H,4-6H2,1-3H3/t9-,10?/m1/s1. The molecule has 2 rings (SSSR count). The monoisotopic (exact) mass is 194 g/mol. The van der Waals surface area contributed by atoms with Crippen molar-refractivity contribution in [2.24, 2.45) is 17.3 Å². The van der Waals surface area contributed by atoms with Gasteiger partial charge in [-0.1, -0.05) is 13.8 Å². The van der Waals surface area contributed by atoms with E-state index >= 15 is 0 Å². The predicted molar refractivity (Wildman–Crippen MR) is 54.5 cm³/mol. The zero-order valence-corrected chi connectivity index (χ0v) is 9.17. The van der Waals surface area contributed by atoms with Crippen molar-refractivity contribution in [3.63, 3.8) is 0 Å². The summed E-state index contributed by atoms with van der Waals surface area (Å²) in [5.74, 6) is 2.04. The van der Waals surface area contributed by atoms with Crippen LogP contribution in [0, 0.1) is 17.3 Å². The van der Waals surface area contributed by atoms with E-state index in [0.717, 1.165) is 11.7 Å². The van der Waals surface area contributed by atoms with Gasteiger partial charge in [0.05, 0.1) is 0 Å². The van der Waals surface area contributed by atoms with Gasteiger partial charge in [-0.3, -0.25) is 4.79 Å². The van der Waals surface area contributed by atoms with Crippen molar-refractivity contribution < 1.29 is 9.53 Å². The number of rotatable bonds is 1. The number of esters is 1. The molecular weight excluding hydrogens is 176 g/mol. The van der Waals surface area contributed by atoms with E-state index in [9.17, 15) is 4.79 Å². The van der Waals surface area contributed by atoms with Crippen molar-refractivity contribution in [2.75, 3.05) is 0 Å². The first-order valence-electron chi connectivity index (χ1n) is 5.40. The van der Waals surface area contributed by atoms with Gasteiger partial charge in [0, 0.05) is 12.8 Å².